The summed E-state index contributed by atoms with van der Waals surface area (Å²) < 4.78 is 7.23. The third kappa shape index (κ3) is 2.79. The Bertz CT molecular complexity index is 895. The van der Waals surface area contributed by atoms with Gasteiger partial charge in [0.25, 0.3) is 0 Å². The highest BCUT2D eigenvalue weighted by Crippen LogP contribution is 2.45. The zero-order valence-electron chi connectivity index (χ0n) is 14.9. The summed E-state index contributed by atoms with van der Waals surface area (Å²) in [6.07, 6.45) is 3.01. The Hall–Kier alpha value is -2.96. The molecule has 0 saturated carbocycles. The molecule has 0 spiro atoms. The van der Waals surface area contributed by atoms with E-state index < -0.39 is 0 Å². The first kappa shape index (κ1) is 16.5. The zero-order chi connectivity index (χ0) is 18.3. The highest BCUT2D eigenvalue weighted by Gasteiger charge is 2.41. The van der Waals surface area contributed by atoms with Crippen LogP contribution in [0.4, 0.5) is 5.95 Å². The summed E-state index contributed by atoms with van der Waals surface area (Å²) >= 11 is 0. The first-order chi connectivity index (χ1) is 12.5. The van der Waals surface area contributed by atoms with Crippen LogP contribution < -0.4 is 10.1 Å². The van der Waals surface area contributed by atoms with Crippen LogP contribution in [-0.2, 0) is 4.79 Å². The number of aromatic nitrogens is 4. The number of rotatable bonds is 4. The highest BCUT2D eigenvalue weighted by atomic mass is 16.5. The van der Waals surface area contributed by atoms with E-state index in [1.807, 2.05) is 24.3 Å². The number of nitrogens with one attached hydrogen (secondary N) is 1. The number of benzene rings is 1. The molecule has 1 aliphatic heterocycles. The van der Waals surface area contributed by atoms with Crippen LogP contribution in [0, 0.1) is 5.41 Å². The smallest absolute Gasteiger partial charge is 0.248 e. The lowest BCUT2D eigenvalue weighted by Crippen LogP contribution is -2.36. The van der Waals surface area contributed by atoms with Gasteiger partial charge in [0.15, 0.2) is 5.78 Å². The van der Waals surface area contributed by atoms with Crippen molar-refractivity contribution in [1.29, 1.82) is 0 Å². The number of carbonyl (C=O) groups is 1. The minimum absolute atomic E-state index is 0.0779. The van der Waals surface area contributed by atoms with E-state index >= 15 is 0 Å². The molecule has 1 aromatic heterocycles. The molecule has 134 valence electrons. The lowest BCUT2D eigenvalue weighted by molar-refractivity contribution is -0.118. The predicted octanol–water partition coefficient (Wildman–Crippen LogP) is 2.90. The number of allylic oxidation sites excluding steroid dienone is 2. The molecule has 26 heavy (non-hydrogen) atoms. The van der Waals surface area contributed by atoms with E-state index in [0.29, 0.717) is 19.0 Å². The van der Waals surface area contributed by atoms with E-state index in [4.69, 9.17) is 4.74 Å². The van der Waals surface area contributed by atoms with Gasteiger partial charge in [-0.2, -0.15) is 4.68 Å². The molecule has 7 heteroatoms. The highest BCUT2D eigenvalue weighted by molar-refractivity contribution is 6.00. The minimum Gasteiger partial charge on any atom is -0.490 e. The Kier molecular flexibility index (Phi) is 3.86. The summed E-state index contributed by atoms with van der Waals surface area (Å²) in [5, 5.41) is 15.2. The number of fused-ring (bicyclic) bond motifs is 1. The molecule has 0 unspecified atom stereocenters. The fourth-order valence-electron chi connectivity index (χ4n) is 3.68. The molecule has 0 radical (unpaired) electrons. The van der Waals surface area contributed by atoms with Gasteiger partial charge in [-0.15, -0.1) is 0 Å². The van der Waals surface area contributed by atoms with Gasteiger partial charge in [0.05, 0.1) is 0 Å². The second-order valence-corrected chi connectivity index (χ2v) is 7.48. The van der Waals surface area contributed by atoms with Gasteiger partial charge < -0.3 is 10.1 Å². The summed E-state index contributed by atoms with van der Waals surface area (Å²) in [5.41, 5.74) is 2.55. The monoisotopic (exact) mass is 351 g/mol. The van der Waals surface area contributed by atoms with Crippen molar-refractivity contribution in [3.05, 3.63) is 53.8 Å². The zero-order valence-corrected chi connectivity index (χ0v) is 14.9. The number of hydrogen-bond donors (Lipinski definition) is 1. The molecule has 2 aromatic rings. The van der Waals surface area contributed by atoms with E-state index in [2.05, 4.69) is 41.3 Å². The van der Waals surface area contributed by atoms with Crippen molar-refractivity contribution in [2.45, 2.75) is 32.7 Å². The van der Waals surface area contributed by atoms with E-state index in [9.17, 15) is 4.79 Å². The number of Topliss-reactive ketones (excluding diaryl/α,β-unsaturated/α-hetero) is 1. The van der Waals surface area contributed by atoms with Crippen LogP contribution in [0.3, 0.4) is 0 Å². The van der Waals surface area contributed by atoms with Crippen molar-refractivity contribution in [2.75, 3.05) is 11.9 Å². The van der Waals surface area contributed by atoms with Crippen LogP contribution in [0.1, 0.15) is 38.3 Å². The Labute approximate surface area is 151 Å². The molecule has 4 rings (SSSR count). The number of anilines is 1. The fourth-order valence-corrected chi connectivity index (χ4v) is 3.68. The first-order valence-electron chi connectivity index (χ1n) is 8.63. The molecule has 0 saturated heterocycles. The molecule has 1 atom stereocenters. The number of nitrogens with zero attached hydrogens (tertiary/aromatic N) is 4. The molecule has 1 aromatic carbocycles. The van der Waals surface area contributed by atoms with E-state index in [-0.39, 0.29) is 17.2 Å². The average molecular weight is 351 g/mol. The Morgan fingerprint density at radius 2 is 2.12 bits per heavy atom. The van der Waals surface area contributed by atoms with E-state index in [1.54, 1.807) is 10.8 Å². The normalized spacial score (nSPS) is 20.8. The van der Waals surface area contributed by atoms with Crippen LogP contribution in [0.15, 0.2) is 48.2 Å². The number of ether oxygens (including phenoxy) is 1. The van der Waals surface area contributed by atoms with E-state index in [1.165, 1.54) is 0 Å². The molecular weight excluding hydrogens is 330 g/mol. The lowest BCUT2D eigenvalue weighted by atomic mass is 9.73. The van der Waals surface area contributed by atoms with Gasteiger partial charge >= 0.3 is 0 Å². The van der Waals surface area contributed by atoms with Gasteiger partial charge in [0.2, 0.25) is 5.95 Å². The molecule has 2 aliphatic rings. The van der Waals surface area contributed by atoms with Crippen molar-refractivity contribution in [2.24, 2.45) is 5.41 Å². The second-order valence-electron chi connectivity index (χ2n) is 7.48. The van der Waals surface area contributed by atoms with Gasteiger partial charge in [-0.1, -0.05) is 43.7 Å². The van der Waals surface area contributed by atoms with Crippen LogP contribution in [0.2, 0.25) is 0 Å². The fraction of sp³-hybridized carbons (Fsp3) is 0.368. The maximum atomic E-state index is 13.0. The van der Waals surface area contributed by atoms with Crippen molar-refractivity contribution in [3.63, 3.8) is 0 Å². The average Bonchev–Trinajstić information content (AvgIpc) is 3.05. The molecule has 1 N–H and O–H groups in total. The standard InChI is InChI=1S/C19H21N5O2/c1-4-9-26-13-7-5-12(6-8-13)17-16-14(10-19(2,3)11-15(16)25)20-18-21-22-23-24(17)18/h4-8,17H,1,9-11H2,2-3H3,(H,20,21,23)/t17-/m0/s1. The summed E-state index contributed by atoms with van der Waals surface area (Å²) in [6, 6.07) is 7.37. The Morgan fingerprint density at radius 3 is 2.85 bits per heavy atom. The Morgan fingerprint density at radius 1 is 1.35 bits per heavy atom. The minimum atomic E-state index is -0.326. The lowest BCUT2D eigenvalue weighted by Gasteiger charge is -2.37. The molecular formula is C19H21N5O2. The molecule has 0 bridgehead atoms. The third-order valence-electron chi connectivity index (χ3n) is 4.76. The SMILES string of the molecule is C=CCOc1ccc([C@H]2C3=C(CC(C)(C)CC3=O)Nc3nnnn32)cc1. The summed E-state index contributed by atoms with van der Waals surface area (Å²) in [6.45, 7) is 8.31. The van der Waals surface area contributed by atoms with Gasteiger partial charge in [0, 0.05) is 17.7 Å². The topological polar surface area (TPSA) is 81.9 Å². The van der Waals surface area contributed by atoms with Gasteiger partial charge in [-0.25, -0.2) is 0 Å². The molecule has 7 nitrogen and oxygen atoms in total. The first-order valence-corrected chi connectivity index (χ1v) is 8.63. The van der Waals surface area contributed by atoms with Gasteiger partial charge in [0.1, 0.15) is 18.4 Å². The molecule has 1 aliphatic carbocycles. The summed E-state index contributed by atoms with van der Waals surface area (Å²) in [7, 11) is 0. The van der Waals surface area contributed by atoms with Crippen molar-refractivity contribution in [1.82, 2.24) is 20.2 Å². The van der Waals surface area contributed by atoms with Crippen molar-refractivity contribution >= 4 is 11.7 Å². The molecule has 0 amide bonds. The quantitative estimate of drug-likeness (QED) is 0.853. The summed E-state index contributed by atoms with van der Waals surface area (Å²) in [5.74, 6) is 1.46. The molecule has 0 fully saturated rings. The third-order valence-corrected chi connectivity index (χ3v) is 4.76. The van der Waals surface area contributed by atoms with Gasteiger partial charge in [-0.3, -0.25) is 4.79 Å². The van der Waals surface area contributed by atoms with Crippen LogP contribution in [0.5, 0.6) is 5.75 Å². The van der Waals surface area contributed by atoms with Gasteiger partial charge in [-0.05, 0) is 40.0 Å². The van der Waals surface area contributed by atoms with E-state index in [0.717, 1.165) is 29.0 Å². The second kappa shape index (κ2) is 6.09. The van der Waals surface area contributed by atoms with Crippen LogP contribution >= 0.6 is 0 Å². The number of tetrazole rings is 1. The predicted molar refractivity (Wildman–Crippen MR) is 96.8 cm³/mol. The van der Waals surface area contributed by atoms with Crippen LogP contribution in [-0.4, -0.2) is 32.6 Å². The van der Waals surface area contributed by atoms with Crippen LogP contribution in [0.25, 0.3) is 0 Å². The number of carbonyl (C=O) groups excluding carboxylic acids is 1. The number of ketones is 1. The van der Waals surface area contributed by atoms with Crippen molar-refractivity contribution in [3.8, 4) is 5.75 Å². The molecule has 2 heterocycles. The maximum Gasteiger partial charge on any atom is 0.248 e. The Balaban J connectivity index is 1.77. The maximum absolute atomic E-state index is 13.0. The van der Waals surface area contributed by atoms with Crippen molar-refractivity contribution < 1.29 is 9.53 Å². The largest absolute Gasteiger partial charge is 0.490 e. The summed E-state index contributed by atoms with van der Waals surface area (Å²) in [4.78, 5) is 13.0. The number of hydrogen-bond acceptors (Lipinski definition) is 6.